The molecule has 7 heteroatoms. The van der Waals surface area contributed by atoms with Gasteiger partial charge in [0, 0.05) is 45.7 Å². The van der Waals surface area contributed by atoms with E-state index in [0.29, 0.717) is 38.2 Å². The minimum atomic E-state index is -0.640. The van der Waals surface area contributed by atoms with E-state index in [0.717, 1.165) is 36.3 Å². The molecule has 2 atom stereocenters. The van der Waals surface area contributed by atoms with Crippen LogP contribution in [0, 0.1) is 11.7 Å². The van der Waals surface area contributed by atoms with Crippen molar-refractivity contribution in [2.24, 2.45) is 5.92 Å². The molecule has 0 saturated carbocycles. The number of benzene rings is 2. The lowest BCUT2D eigenvalue weighted by atomic mass is 9.87. The number of ether oxygens (including phenoxy) is 1. The third-order valence-electron chi connectivity index (χ3n) is 7.15. The summed E-state index contributed by atoms with van der Waals surface area (Å²) >= 11 is 0. The van der Waals surface area contributed by atoms with Gasteiger partial charge in [-0.2, -0.15) is 0 Å². The topological polar surface area (TPSA) is 53.1 Å². The van der Waals surface area contributed by atoms with Gasteiger partial charge in [0.2, 0.25) is 5.91 Å². The Bertz CT molecular complexity index is 1130. The number of amides is 2. The van der Waals surface area contributed by atoms with Crippen molar-refractivity contribution in [2.75, 3.05) is 39.3 Å². The molecule has 1 saturated heterocycles. The second-order valence-corrected chi connectivity index (χ2v) is 10.4. The first-order valence-corrected chi connectivity index (χ1v) is 13.2. The SMILES string of the molecule is C=CCN1CCN(C(=O)[C@@H](C)Oc2ccc3c(c2)[C@H](c2cccc(F)c2)N(C(=O)CC(C)C)CC3)CC1. The molecule has 4 rings (SSSR count). The van der Waals surface area contributed by atoms with Crippen LogP contribution in [-0.4, -0.2) is 71.9 Å². The summed E-state index contributed by atoms with van der Waals surface area (Å²) in [6.07, 6.45) is 2.39. The number of piperazine rings is 1. The molecule has 0 unspecified atom stereocenters. The minimum Gasteiger partial charge on any atom is -0.481 e. The molecule has 1 fully saturated rings. The van der Waals surface area contributed by atoms with Gasteiger partial charge in [0.1, 0.15) is 11.6 Å². The third-order valence-corrected chi connectivity index (χ3v) is 7.15. The molecule has 2 aromatic carbocycles. The first-order valence-electron chi connectivity index (χ1n) is 13.2. The van der Waals surface area contributed by atoms with E-state index in [-0.39, 0.29) is 23.5 Å². The van der Waals surface area contributed by atoms with Gasteiger partial charge in [0.15, 0.2) is 6.10 Å². The number of hydrogen-bond donors (Lipinski definition) is 0. The highest BCUT2D eigenvalue weighted by molar-refractivity contribution is 5.81. The molecule has 2 amide bonds. The summed E-state index contributed by atoms with van der Waals surface area (Å²) in [5.41, 5.74) is 2.76. The quantitative estimate of drug-likeness (QED) is 0.496. The molecule has 0 spiro atoms. The molecule has 0 radical (unpaired) electrons. The summed E-state index contributed by atoms with van der Waals surface area (Å²) in [6.45, 7) is 14.0. The van der Waals surface area contributed by atoms with Crippen LogP contribution in [0.4, 0.5) is 4.39 Å². The van der Waals surface area contributed by atoms with Crippen LogP contribution in [0.15, 0.2) is 55.1 Å². The maximum Gasteiger partial charge on any atom is 0.263 e. The smallest absolute Gasteiger partial charge is 0.263 e. The lowest BCUT2D eigenvalue weighted by molar-refractivity contribution is -0.139. The number of rotatable bonds is 8. The summed E-state index contributed by atoms with van der Waals surface area (Å²) in [5, 5.41) is 0. The Morgan fingerprint density at radius 2 is 1.84 bits per heavy atom. The molecule has 2 heterocycles. The largest absolute Gasteiger partial charge is 0.481 e. The van der Waals surface area contributed by atoms with Gasteiger partial charge in [0.05, 0.1) is 6.04 Å². The van der Waals surface area contributed by atoms with Crippen LogP contribution < -0.4 is 4.74 Å². The van der Waals surface area contributed by atoms with E-state index in [1.165, 1.54) is 12.1 Å². The molecule has 37 heavy (non-hydrogen) atoms. The van der Waals surface area contributed by atoms with E-state index < -0.39 is 12.1 Å². The van der Waals surface area contributed by atoms with Crippen molar-refractivity contribution in [3.63, 3.8) is 0 Å². The van der Waals surface area contributed by atoms with Crippen LogP contribution in [0.2, 0.25) is 0 Å². The lowest BCUT2D eigenvalue weighted by Gasteiger charge is -2.38. The van der Waals surface area contributed by atoms with Crippen molar-refractivity contribution in [1.82, 2.24) is 14.7 Å². The Morgan fingerprint density at radius 3 is 2.51 bits per heavy atom. The van der Waals surface area contributed by atoms with Crippen molar-refractivity contribution < 1.29 is 18.7 Å². The number of fused-ring (bicyclic) bond motifs is 1. The van der Waals surface area contributed by atoms with Gasteiger partial charge in [-0.25, -0.2) is 4.39 Å². The Morgan fingerprint density at radius 1 is 1.08 bits per heavy atom. The van der Waals surface area contributed by atoms with Crippen molar-refractivity contribution in [1.29, 1.82) is 0 Å². The van der Waals surface area contributed by atoms with Crippen molar-refractivity contribution in [2.45, 2.75) is 45.8 Å². The Balaban J connectivity index is 1.56. The summed E-state index contributed by atoms with van der Waals surface area (Å²) in [6, 6.07) is 11.9. The Hall–Kier alpha value is -3.19. The van der Waals surface area contributed by atoms with Crippen molar-refractivity contribution >= 4 is 11.8 Å². The van der Waals surface area contributed by atoms with E-state index in [2.05, 4.69) is 11.5 Å². The second-order valence-electron chi connectivity index (χ2n) is 10.4. The molecule has 6 nitrogen and oxygen atoms in total. The third kappa shape index (κ3) is 6.39. The van der Waals surface area contributed by atoms with E-state index in [4.69, 9.17) is 4.74 Å². The molecule has 198 valence electrons. The summed E-state index contributed by atoms with van der Waals surface area (Å²) in [7, 11) is 0. The maximum absolute atomic E-state index is 14.2. The zero-order chi connectivity index (χ0) is 26.5. The predicted octanol–water partition coefficient (Wildman–Crippen LogP) is 4.44. The normalized spacial score (nSPS) is 18.9. The average molecular weight is 508 g/mol. The Kier molecular flexibility index (Phi) is 8.64. The van der Waals surface area contributed by atoms with Gasteiger partial charge in [-0.3, -0.25) is 14.5 Å². The fourth-order valence-electron chi connectivity index (χ4n) is 5.28. The average Bonchev–Trinajstić information content (AvgIpc) is 2.87. The molecule has 0 N–H and O–H groups in total. The van der Waals surface area contributed by atoms with Crippen molar-refractivity contribution in [3.8, 4) is 5.75 Å². The molecule has 0 aromatic heterocycles. The van der Waals surface area contributed by atoms with E-state index in [1.807, 2.05) is 54.0 Å². The van der Waals surface area contributed by atoms with Crippen LogP contribution in [-0.2, 0) is 16.0 Å². The monoisotopic (exact) mass is 507 g/mol. The van der Waals surface area contributed by atoms with Gasteiger partial charge in [-0.05, 0) is 60.2 Å². The molecular weight excluding hydrogens is 469 g/mol. The first-order chi connectivity index (χ1) is 17.8. The van der Waals surface area contributed by atoms with Gasteiger partial charge < -0.3 is 14.5 Å². The first kappa shape index (κ1) is 26.9. The number of carbonyl (C=O) groups excluding carboxylic acids is 2. The Labute approximate surface area is 219 Å². The predicted molar refractivity (Wildman–Crippen MR) is 143 cm³/mol. The summed E-state index contributed by atoms with van der Waals surface area (Å²) in [4.78, 5) is 32.3. The van der Waals surface area contributed by atoms with Crippen LogP contribution in [0.3, 0.4) is 0 Å². The zero-order valence-corrected chi connectivity index (χ0v) is 22.2. The minimum absolute atomic E-state index is 0.0357. The van der Waals surface area contributed by atoms with Crippen LogP contribution in [0.1, 0.15) is 49.9 Å². The van der Waals surface area contributed by atoms with Crippen LogP contribution in [0.5, 0.6) is 5.75 Å². The highest BCUT2D eigenvalue weighted by atomic mass is 19.1. The standard InChI is InChI=1S/C30H38FN3O3/c1-5-12-32-14-16-33(17-15-32)30(36)22(4)37-26-10-9-23-11-13-34(28(35)18-21(2)3)29(27(23)20-26)24-7-6-8-25(31)19-24/h5-10,19-22,29H,1,11-18H2,2-4H3/t22-,29+/m1/s1. The van der Waals surface area contributed by atoms with Crippen LogP contribution >= 0.6 is 0 Å². The second kappa shape index (κ2) is 11.9. The molecule has 2 aliphatic heterocycles. The van der Waals surface area contributed by atoms with Gasteiger partial charge in [-0.1, -0.05) is 38.1 Å². The lowest BCUT2D eigenvalue weighted by Crippen LogP contribution is -2.51. The fraction of sp³-hybridized carbons (Fsp3) is 0.467. The fourth-order valence-corrected chi connectivity index (χ4v) is 5.28. The maximum atomic E-state index is 14.2. The van der Waals surface area contributed by atoms with Gasteiger partial charge >= 0.3 is 0 Å². The summed E-state index contributed by atoms with van der Waals surface area (Å²) < 4.78 is 20.4. The van der Waals surface area contributed by atoms with E-state index in [1.54, 1.807) is 13.0 Å². The molecule has 0 aliphatic carbocycles. The molecule has 0 bridgehead atoms. The number of carbonyl (C=O) groups is 2. The molecular formula is C30H38FN3O3. The van der Waals surface area contributed by atoms with Gasteiger partial charge in [0.25, 0.3) is 5.91 Å². The number of hydrogen-bond acceptors (Lipinski definition) is 4. The van der Waals surface area contributed by atoms with Crippen LogP contribution in [0.25, 0.3) is 0 Å². The van der Waals surface area contributed by atoms with E-state index in [9.17, 15) is 14.0 Å². The zero-order valence-electron chi connectivity index (χ0n) is 22.2. The van der Waals surface area contributed by atoms with Gasteiger partial charge in [-0.15, -0.1) is 6.58 Å². The number of halogens is 1. The highest BCUT2D eigenvalue weighted by Gasteiger charge is 2.33. The van der Waals surface area contributed by atoms with E-state index >= 15 is 0 Å². The highest BCUT2D eigenvalue weighted by Crippen LogP contribution is 2.38. The molecule has 2 aliphatic rings. The summed E-state index contributed by atoms with van der Waals surface area (Å²) in [5.74, 6) is 0.485. The van der Waals surface area contributed by atoms with Crippen molar-refractivity contribution in [3.05, 3.63) is 77.6 Å². The molecule has 2 aromatic rings. The number of nitrogens with zero attached hydrogens (tertiary/aromatic N) is 3.